The van der Waals surface area contributed by atoms with E-state index in [-0.39, 0.29) is 6.03 Å². The van der Waals surface area contributed by atoms with Crippen molar-refractivity contribution in [3.8, 4) is 28.0 Å². The lowest BCUT2D eigenvalue weighted by Gasteiger charge is -2.33. The molecule has 4 rings (SSSR count). The molecule has 0 spiro atoms. The SMILES string of the molecule is CC.COc1cc(C)cc(-c2cc3cnc(NCCCN4CCN(CC#CSI)CC4)nc3nc2NC(=O)NC(C)(C)C)c1. The molecule has 238 valence electrons. The molecular formula is C32H45IN8O2S. The maximum Gasteiger partial charge on any atom is 0.320 e. The lowest BCUT2D eigenvalue weighted by molar-refractivity contribution is 0.144. The summed E-state index contributed by atoms with van der Waals surface area (Å²) in [6, 6.07) is 7.55. The smallest absolute Gasteiger partial charge is 0.320 e. The van der Waals surface area contributed by atoms with Crippen molar-refractivity contribution in [2.24, 2.45) is 0 Å². The third kappa shape index (κ3) is 11.3. The summed E-state index contributed by atoms with van der Waals surface area (Å²) in [6.07, 6.45) is 2.75. The fourth-order valence-electron chi connectivity index (χ4n) is 4.71. The third-order valence-corrected chi connectivity index (χ3v) is 7.58. The fraction of sp³-hybridized carbons (Fsp3) is 0.500. The fourth-order valence-corrected chi connectivity index (χ4v) is 5.30. The van der Waals surface area contributed by atoms with E-state index in [1.165, 1.54) is 8.93 Å². The largest absolute Gasteiger partial charge is 0.497 e. The quantitative estimate of drug-likeness (QED) is 0.131. The van der Waals surface area contributed by atoms with Crippen LogP contribution in [0.5, 0.6) is 5.75 Å². The molecule has 0 bridgehead atoms. The zero-order valence-electron chi connectivity index (χ0n) is 26.9. The van der Waals surface area contributed by atoms with Crippen molar-refractivity contribution in [1.82, 2.24) is 30.1 Å². The molecule has 1 saturated heterocycles. The van der Waals surface area contributed by atoms with Crippen LogP contribution in [0.2, 0.25) is 0 Å². The van der Waals surface area contributed by atoms with Gasteiger partial charge in [0.25, 0.3) is 0 Å². The summed E-state index contributed by atoms with van der Waals surface area (Å²) in [4.78, 5) is 31.7. The Morgan fingerprint density at radius 2 is 1.82 bits per heavy atom. The van der Waals surface area contributed by atoms with Gasteiger partial charge in [-0.2, -0.15) is 4.98 Å². The Morgan fingerprint density at radius 3 is 2.50 bits per heavy atom. The Labute approximate surface area is 278 Å². The van der Waals surface area contributed by atoms with Gasteiger partial charge >= 0.3 is 6.03 Å². The Balaban J connectivity index is 0.00000259. The second kappa shape index (κ2) is 17.6. The topological polar surface area (TPSA) is 108 Å². The number of methoxy groups -OCH3 is 1. The molecule has 3 aromatic rings. The molecule has 0 unspecified atom stereocenters. The molecule has 2 aromatic heterocycles. The number of aryl methyl sites for hydroxylation is 1. The van der Waals surface area contributed by atoms with E-state index < -0.39 is 5.54 Å². The maximum absolute atomic E-state index is 12.8. The monoisotopic (exact) mass is 732 g/mol. The van der Waals surface area contributed by atoms with Crippen LogP contribution in [0, 0.1) is 18.1 Å². The minimum atomic E-state index is -0.400. The zero-order chi connectivity index (χ0) is 32.1. The molecule has 0 saturated carbocycles. The molecule has 0 aliphatic carbocycles. The number of amides is 2. The number of rotatable bonds is 9. The standard InChI is InChI=1S/C30H39IN8O2S.C2H6/c1-21-16-22(18-24(17-21)41-5)25-19-23-20-33-28(35-26(23)34-27(25)36-29(40)37-30(2,3)4)32-8-6-9-38-11-13-39(14-12-38)10-7-15-42-31;1-2/h16-20H,6,8-14H2,1-5H3,(H3,32,33,34,35,36,37,40);1-2H3. The summed E-state index contributed by atoms with van der Waals surface area (Å²) in [6.45, 7) is 18.6. The van der Waals surface area contributed by atoms with Crippen molar-refractivity contribution in [2.75, 3.05) is 63.6 Å². The highest BCUT2D eigenvalue weighted by Crippen LogP contribution is 2.33. The predicted octanol–water partition coefficient (Wildman–Crippen LogP) is 6.42. The average Bonchev–Trinajstić information content (AvgIpc) is 2.99. The molecule has 0 atom stereocenters. The molecule has 3 N–H and O–H groups in total. The molecule has 2 amide bonds. The van der Waals surface area contributed by atoms with Crippen molar-refractivity contribution in [2.45, 2.75) is 53.5 Å². The third-order valence-electron chi connectivity index (χ3n) is 6.70. The summed E-state index contributed by atoms with van der Waals surface area (Å²) in [7, 11) is 3.17. The summed E-state index contributed by atoms with van der Waals surface area (Å²) in [5, 5.41) is 13.1. The number of aromatic nitrogens is 3. The van der Waals surface area contributed by atoms with Crippen molar-refractivity contribution in [3.05, 3.63) is 36.0 Å². The first-order valence-electron chi connectivity index (χ1n) is 15.0. The number of benzene rings is 1. The highest BCUT2D eigenvalue weighted by atomic mass is 127. The predicted molar refractivity (Wildman–Crippen MR) is 193 cm³/mol. The number of anilines is 2. The molecule has 12 heteroatoms. The number of halogens is 1. The number of carbonyl (C=O) groups is 1. The van der Waals surface area contributed by atoms with Crippen molar-refractivity contribution >= 4 is 59.0 Å². The maximum atomic E-state index is 12.8. The number of urea groups is 1. The minimum absolute atomic E-state index is 0.337. The van der Waals surface area contributed by atoms with Crippen LogP contribution in [0.15, 0.2) is 30.5 Å². The second-order valence-corrected chi connectivity index (χ2v) is 13.0. The number of nitrogens with one attached hydrogen (secondary N) is 3. The van der Waals surface area contributed by atoms with E-state index in [1.54, 1.807) is 13.3 Å². The molecule has 44 heavy (non-hydrogen) atoms. The van der Waals surface area contributed by atoms with Gasteiger partial charge in [0, 0.05) is 76.6 Å². The molecule has 3 heterocycles. The molecule has 0 radical (unpaired) electrons. The van der Waals surface area contributed by atoms with Gasteiger partial charge in [0.05, 0.1) is 13.7 Å². The number of carbonyl (C=O) groups excluding carboxylic acids is 1. The number of hydrogen-bond acceptors (Lipinski definition) is 9. The van der Waals surface area contributed by atoms with Gasteiger partial charge in [0.15, 0.2) is 5.65 Å². The summed E-state index contributed by atoms with van der Waals surface area (Å²) < 4.78 is 5.49. The Bertz CT molecular complexity index is 1450. The minimum Gasteiger partial charge on any atom is -0.497 e. The van der Waals surface area contributed by atoms with Crippen LogP contribution in [0.25, 0.3) is 22.2 Å². The van der Waals surface area contributed by atoms with Gasteiger partial charge in [0.2, 0.25) is 5.95 Å². The van der Waals surface area contributed by atoms with E-state index in [2.05, 4.69) is 68.1 Å². The lowest BCUT2D eigenvalue weighted by Crippen LogP contribution is -2.46. The Morgan fingerprint density at radius 1 is 1.09 bits per heavy atom. The number of hydrogen-bond donors (Lipinski definition) is 3. The van der Waals surface area contributed by atoms with Crippen LogP contribution in [0.3, 0.4) is 0 Å². The van der Waals surface area contributed by atoms with Crippen LogP contribution in [-0.2, 0) is 0 Å². The Kier molecular flexibility index (Phi) is 14.2. The van der Waals surface area contributed by atoms with Crippen LogP contribution in [0.1, 0.15) is 46.6 Å². The normalized spacial score (nSPS) is 13.7. The van der Waals surface area contributed by atoms with Crippen LogP contribution < -0.4 is 20.7 Å². The van der Waals surface area contributed by atoms with E-state index >= 15 is 0 Å². The first-order valence-corrected chi connectivity index (χ1v) is 18.4. The number of nitrogens with zero attached hydrogens (tertiary/aromatic N) is 5. The number of pyridine rings is 1. The average molecular weight is 733 g/mol. The molecule has 1 aromatic carbocycles. The number of ether oxygens (including phenoxy) is 1. The highest BCUT2D eigenvalue weighted by Gasteiger charge is 2.19. The first kappa shape index (κ1) is 35.6. The molecule has 1 aliphatic rings. The Hall–Kier alpha value is -2.86. The molecule has 1 aliphatic heterocycles. The van der Waals surface area contributed by atoms with Gasteiger partial charge in [-0.15, -0.1) is 0 Å². The van der Waals surface area contributed by atoms with E-state index in [4.69, 9.17) is 9.72 Å². The van der Waals surface area contributed by atoms with E-state index in [0.29, 0.717) is 17.4 Å². The van der Waals surface area contributed by atoms with Crippen LogP contribution in [0.4, 0.5) is 16.6 Å². The number of fused-ring (bicyclic) bond motifs is 1. The van der Waals surface area contributed by atoms with Gasteiger partial charge in [-0.05, 0) is 84.2 Å². The van der Waals surface area contributed by atoms with E-state index in [0.717, 1.165) is 80.1 Å². The van der Waals surface area contributed by atoms with Gasteiger partial charge < -0.3 is 20.3 Å². The van der Waals surface area contributed by atoms with Crippen LogP contribution in [-0.4, -0.2) is 89.2 Å². The van der Waals surface area contributed by atoms with Crippen molar-refractivity contribution < 1.29 is 9.53 Å². The van der Waals surface area contributed by atoms with Gasteiger partial charge in [-0.1, -0.05) is 25.8 Å². The van der Waals surface area contributed by atoms with Crippen LogP contribution >= 0.6 is 30.1 Å². The van der Waals surface area contributed by atoms with Crippen molar-refractivity contribution in [3.63, 3.8) is 0 Å². The lowest BCUT2D eigenvalue weighted by atomic mass is 10.0. The van der Waals surface area contributed by atoms with Gasteiger partial charge in [-0.25, -0.2) is 14.8 Å². The number of piperazine rings is 1. The van der Waals surface area contributed by atoms with E-state index in [9.17, 15) is 4.79 Å². The van der Waals surface area contributed by atoms with Gasteiger partial charge in [-0.3, -0.25) is 10.2 Å². The van der Waals surface area contributed by atoms with E-state index in [1.807, 2.05) is 65.8 Å². The zero-order valence-corrected chi connectivity index (χ0v) is 29.9. The summed E-state index contributed by atoms with van der Waals surface area (Å²) in [5.74, 6) is 4.86. The first-order chi connectivity index (χ1) is 21.1. The molecule has 1 fully saturated rings. The van der Waals surface area contributed by atoms with Gasteiger partial charge in [0.1, 0.15) is 11.6 Å². The highest BCUT2D eigenvalue weighted by molar-refractivity contribution is 14.2. The molecular weight excluding hydrogens is 687 g/mol. The molecule has 10 nitrogen and oxygen atoms in total. The second-order valence-electron chi connectivity index (χ2n) is 11.3. The van der Waals surface area contributed by atoms with Crippen molar-refractivity contribution in [1.29, 1.82) is 0 Å². The summed E-state index contributed by atoms with van der Waals surface area (Å²) in [5.41, 5.74) is 2.77. The summed E-state index contributed by atoms with van der Waals surface area (Å²) >= 11 is 2.20.